The number of anilines is 1. The Morgan fingerprint density at radius 1 is 1.17 bits per heavy atom. The van der Waals surface area contributed by atoms with Crippen LogP contribution < -0.4 is 10.6 Å². The number of likely N-dealkylation sites (tertiary alicyclic amines) is 1. The third kappa shape index (κ3) is 4.36. The van der Waals surface area contributed by atoms with Gasteiger partial charge in [-0.1, -0.05) is 11.6 Å². The summed E-state index contributed by atoms with van der Waals surface area (Å²) in [5.74, 6) is 1.37. The number of benzene rings is 1. The standard InChI is InChI=1S/C23H33N5O2/c1-4-28-21-10-5-15(2)11-20(21)23(26-28)24-12-22(30)25-18-13-27(14-18)19-8-6-17(7-9-19)16(3)29/h5,10-11,17-19H,4,6-9,12-14H2,1-3H3,(H,24,26)(H,25,30)/t17-,19+. The van der Waals surface area contributed by atoms with Gasteiger partial charge in [-0.15, -0.1) is 0 Å². The van der Waals surface area contributed by atoms with Gasteiger partial charge in [0.15, 0.2) is 5.82 Å². The molecule has 30 heavy (non-hydrogen) atoms. The first kappa shape index (κ1) is 20.8. The van der Waals surface area contributed by atoms with E-state index < -0.39 is 0 Å². The van der Waals surface area contributed by atoms with Gasteiger partial charge < -0.3 is 10.6 Å². The number of hydrogen-bond donors (Lipinski definition) is 2. The molecule has 2 heterocycles. The van der Waals surface area contributed by atoms with Crippen molar-refractivity contribution in [3.63, 3.8) is 0 Å². The Morgan fingerprint density at radius 3 is 2.57 bits per heavy atom. The van der Waals surface area contributed by atoms with Crippen LogP contribution in [0.1, 0.15) is 45.1 Å². The van der Waals surface area contributed by atoms with Gasteiger partial charge in [-0.05, 0) is 58.6 Å². The maximum absolute atomic E-state index is 12.4. The first-order chi connectivity index (χ1) is 14.4. The molecular weight excluding hydrogens is 378 g/mol. The molecule has 1 aromatic carbocycles. The number of aryl methyl sites for hydroxylation is 2. The molecule has 0 spiro atoms. The number of carbonyl (C=O) groups excluding carboxylic acids is 2. The molecule has 1 aliphatic carbocycles. The summed E-state index contributed by atoms with van der Waals surface area (Å²) in [7, 11) is 0. The minimum absolute atomic E-state index is 0.00629. The molecule has 1 aliphatic heterocycles. The number of ketones is 1. The van der Waals surface area contributed by atoms with Gasteiger partial charge in [0.25, 0.3) is 0 Å². The zero-order valence-corrected chi connectivity index (χ0v) is 18.3. The highest BCUT2D eigenvalue weighted by Gasteiger charge is 2.35. The zero-order chi connectivity index (χ0) is 21.3. The third-order valence-electron chi connectivity index (χ3n) is 6.68. The fourth-order valence-corrected chi connectivity index (χ4v) is 4.86. The van der Waals surface area contributed by atoms with E-state index in [-0.39, 0.29) is 24.4 Å². The molecule has 2 N–H and O–H groups in total. The molecule has 0 bridgehead atoms. The molecule has 7 nitrogen and oxygen atoms in total. The van der Waals surface area contributed by atoms with Gasteiger partial charge in [0, 0.05) is 37.0 Å². The minimum Gasteiger partial charge on any atom is -0.359 e. The van der Waals surface area contributed by atoms with Crippen molar-refractivity contribution in [2.75, 3.05) is 25.0 Å². The summed E-state index contributed by atoms with van der Waals surface area (Å²) in [5, 5.41) is 12.0. The number of nitrogens with zero attached hydrogens (tertiary/aromatic N) is 3. The molecular formula is C23H33N5O2. The summed E-state index contributed by atoms with van der Waals surface area (Å²) >= 11 is 0. The number of Topliss-reactive ketones (excluding diaryl/α,β-unsaturated/α-hetero) is 1. The lowest BCUT2D eigenvalue weighted by molar-refractivity contribution is -0.123. The van der Waals surface area contributed by atoms with Gasteiger partial charge >= 0.3 is 0 Å². The average molecular weight is 412 g/mol. The summed E-state index contributed by atoms with van der Waals surface area (Å²) in [6.07, 6.45) is 4.21. The van der Waals surface area contributed by atoms with E-state index in [0.717, 1.165) is 62.0 Å². The second-order valence-electron chi connectivity index (χ2n) is 8.87. The van der Waals surface area contributed by atoms with Crippen molar-refractivity contribution in [1.82, 2.24) is 20.0 Å². The average Bonchev–Trinajstić information content (AvgIpc) is 3.05. The SMILES string of the molecule is CCn1nc(NCC(=O)NC2CN([C@H]3CC[C@@H](C(C)=O)CC3)C2)c2cc(C)ccc21. The molecule has 2 aromatic rings. The minimum atomic E-state index is 0.00629. The smallest absolute Gasteiger partial charge is 0.239 e. The van der Waals surface area contributed by atoms with Crippen LogP contribution >= 0.6 is 0 Å². The fourth-order valence-electron chi connectivity index (χ4n) is 4.86. The second-order valence-corrected chi connectivity index (χ2v) is 8.87. The van der Waals surface area contributed by atoms with Crippen LogP contribution in [0.3, 0.4) is 0 Å². The van der Waals surface area contributed by atoms with Gasteiger partial charge in [-0.3, -0.25) is 19.2 Å². The first-order valence-corrected chi connectivity index (χ1v) is 11.2. The molecule has 1 saturated heterocycles. The number of amides is 1. The Hall–Kier alpha value is -2.41. The van der Waals surface area contributed by atoms with Gasteiger partial charge in [0.05, 0.1) is 18.1 Å². The molecule has 1 amide bonds. The molecule has 2 fully saturated rings. The fraction of sp³-hybridized carbons (Fsp3) is 0.609. The van der Waals surface area contributed by atoms with E-state index in [2.05, 4.69) is 52.7 Å². The van der Waals surface area contributed by atoms with Gasteiger partial charge in [-0.2, -0.15) is 5.10 Å². The molecule has 4 rings (SSSR count). The van der Waals surface area contributed by atoms with Crippen LogP contribution in [0.4, 0.5) is 5.82 Å². The van der Waals surface area contributed by atoms with Crippen molar-refractivity contribution >= 4 is 28.4 Å². The Bertz CT molecular complexity index is 923. The molecule has 1 aromatic heterocycles. The first-order valence-electron chi connectivity index (χ1n) is 11.2. The van der Waals surface area contributed by atoms with Crippen molar-refractivity contribution in [1.29, 1.82) is 0 Å². The van der Waals surface area contributed by atoms with Crippen LogP contribution in [0, 0.1) is 12.8 Å². The summed E-state index contributed by atoms with van der Waals surface area (Å²) in [6, 6.07) is 7.07. The van der Waals surface area contributed by atoms with E-state index in [1.165, 1.54) is 5.56 Å². The van der Waals surface area contributed by atoms with Crippen molar-refractivity contribution in [3.05, 3.63) is 23.8 Å². The number of carbonyl (C=O) groups is 2. The Balaban J connectivity index is 1.24. The Kier molecular flexibility index (Phi) is 6.09. The van der Waals surface area contributed by atoms with E-state index in [1.54, 1.807) is 6.92 Å². The lowest BCUT2D eigenvalue weighted by atomic mass is 9.82. The maximum Gasteiger partial charge on any atom is 0.239 e. The largest absolute Gasteiger partial charge is 0.359 e. The number of nitrogens with one attached hydrogen (secondary N) is 2. The predicted octanol–water partition coefficient (Wildman–Crippen LogP) is 2.72. The lowest BCUT2D eigenvalue weighted by Gasteiger charge is -2.46. The summed E-state index contributed by atoms with van der Waals surface area (Å²) in [6.45, 7) is 8.68. The van der Waals surface area contributed by atoms with Crippen molar-refractivity contribution in [2.24, 2.45) is 5.92 Å². The molecule has 162 valence electrons. The molecule has 0 radical (unpaired) electrons. The maximum atomic E-state index is 12.4. The van der Waals surface area contributed by atoms with Crippen molar-refractivity contribution in [3.8, 4) is 0 Å². The number of rotatable bonds is 7. The van der Waals surface area contributed by atoms with Crippen LogP contribution in [-0.4, -0.2) is 58.1 Å². The third-order valence-corrected chi connectivity index (χ3v) is 6.68. The molecule has 0 unspecified atom stereocenters. The van der Waals surface area contributed by atoms with Crippen LogP contribution in [-0.2, 0) is 16.1 Å². The van der Waals surface area contributed by atoms with E-state index >= 15 is 0 Å². The zero-order valence-electron chi connectivity index (χ0n) is 18.3. The van der Waals surface area contributed by atoms with Crippen LogP contribution in [0.2, 0.25) is 0 Å². The van der Waals surface area contributed by atoms with Gasteiger partial charge in [-0.25, -0.2) is 0 Å². The van der Waals surface area contributed by atoms with E-state index in [9.17, 15) is 9.59 Å². The summed E-state index contributed by atoms with van der Waals surface area (Å²) < 4.78 is 1.96. The van der Waals surface area contributed by atoms with Crippen LogP contribution in [0.15, 0.2) is 18.2 Å². The molecule has 1 saturated carbocycles. The molecule has 0 atom stereocenters. The molecule has 7 heteroatoms. The monoisotopic (exact) mass is 411 g/mol. The van der Waals surface area contributed by atoms with Gasteiger partial charge in [0.2, 0.25) is 5.91 Å². The van der Waals surface area contributed by atoms with E-state index in [4.69, 9.17) is 0 Å². The number of fused-ring (bicyclic) bond motifs is 1. The quantitative estimate of drug-likeness (QED) is 0.732. The summed E-state index contributed by atoms with van der Waals surface area (Å²) in [4.78, 5) is 26.4. The topological polar surface area (TPSA) is 79.3 Å². The number of hydrogen-bond acceptors (Lipinski definition) is 5. The highest BCUT2D eigenvalue weighted by atomic mass is 16.2. The predicted molar refractivity (Wildman–Crippen MR) is 119 cm³/mol. The lowest BCUT2D eigenvalue weighted by Crippen LogP contribution is -2.63. The Morgan fingerprint density at radius 2 is 1.90 bits per heavy atom. The second kappa shape index (κ2) is 8.76. The Labute approximate surface area is 178 Å². The van der Waals surface area contributed by atoms with Crippen LogP contribution in [0.25, 0.3) is 10.9 Å². The van der Waals surface area contributed by atoms with Crippen LogP contribution in [0.5, 0.6) is 0 Å². The molecule has 2 aliphatic rings. The van der Waals surface area contributed by atoms with Crippen molar-refractivity contribution < 1.29 is 9.59 Å². The number of aromatic nitrogens is 2. The highest BCUT2D eigenvalue weighted by Crippen LogP contribution is 2.30. The highest BCUT2D eigenvalue weighted by molar-refractivity contribution is 5.92. The van der Waals surface area contributed by atoms with Gasteiger partial charge in [0.1, 0.15) is 5.78 Å². The van der Waals surface area contributed by atoms with E-state index in [0.29, 0.717) is 11.8 Å². The summed E-state index contributed by atoms with van der Waals surface area (Å²) in [5.41, 5.74) is 2.26. The van der Waals surface area contributed by atoms with E-state index in [1.807, 2.05) is 4.68 Å². The normalized spacial score (nSPS) is 22.6. The van der Waals surface area contributed by atoms with Crippen molar-refractivity contribution in [2.45, 2.75) is 65.1 Å².